The maximum Gasteiger partial charge on any atom is 0.246 e. The number of likely N-dealkylation sites (tertiary alicyclic amines) is 1. The molecule has 1 atom stereocenters. The van der Waals surface area contributed by atoms with Crippen molar-refractivity contribution in [1.82, 2.24) is 9.21 Å². The summed E-state index contributed by atoms with van der Waals surface area (Å²) in [6.07, 6.45) is 3.28. The molecule has 0 radical (unpaired) electrons. The number of amides is 1. The molecule has 2 aliphatic heterocycles. The minimum atomic E-state index is -3.76. The molecule has 0 aliphatic carbocycles. The molecular weight excluding hydrogens is 395 g/mol. The predicted molar refractivity (Wildman–Crippen MR) is 103 cm³/mol. The van der Waals surface area contributed by atoms with Crippen LogP contribution < -0.4 is 0 Å². The lowest BCUT2D eigenvalue weighted by Gasteiger charge is -2.36. The van der Waals surface area contributed by atoms with Crippen molar-refractivity contribution in [3.8, 4) is 0 Å². The van der Waals surface area contributed by atoms with Gasteiger partial charge in [-0.2, -0.15) is 4.31 Å². The Morgan fingerprint density at radius 1 is 1.08 bits per heavy atom. The van der Waals surface area contributed by atoms with E-state index in [0.717, 1.165) is 19.5 Å². The Kier molecular flexibility index (Phi) is 6.17. The van der Waals surface area contributed by atoms with Gasteiger partial charge in [-0.05, 0) is 43.7 Å². The number of sulfonamides is 1. The van der Waals surface area contributed by atoms with Crippen LogP contribution in [0.3, 0.4) is 0 Å². The monoisotopic (exact) mass is 418 g/mol. The molecule has 0 saturated carbocycles. The summed E-state index contributed by atoms with van der Waals surface area (Å²) in [5.41, 5.74) is 0. The van der Waals surface area contributed by atoms with Crippen molar-refractivity contribution in [1.29, 1.82) is 0 Å². The minimum absolute atomic E-state index is 0.0436. The lowest BCUT2D eigenvalue weighted by Crippen LogP contribution is -2.47. The van der Waals surface area contributed by atoms with Gasteiger partial charge >= 0.3 is 0 Å². The Bertz CT molecular complexity index is 756. The number of hydrogen-bond acceptors (Lipinski definition) is 3. The summed E-state index contributed by atoms with van der Waals surface area (Å²) in [6.45, 7) is 4.42. The second-order valence-corrected chi connectivity index (χ2v) is 9.95. The predicted octanol–water partition coefficient (Wildman–Crippen LogP) is 3.65. The van der Waals surface area contributed by atoms with Crippen LogP contribution >= 0.6 is 23.2 Å². The average Bonchev–Trinajstić information content (AvgIpc) is 2.61. The number of hydrogen-bond donors (Lipinski definition) is 0. The van der Waals surface area contributed by atoms with Gasteiger partial charge in [-0.25, -0.2) is 8.42 Å². The summed E-state index contributed by atoms with van der Waals surface area (Å²) in [7, 11) is -3.76. The van der Waals surface area contributed by atoms with E-state index in [1.807, 2.05) is 4.90 Å². The molecule has 1 aromatic carbocycles. The van der Waals surface area contributed by atoms with Gasteiger partial charge in [0.25, 0.3) is 0 Å². The molecule has 0 spiro atoms. The number of carbonyl (C=O) groups excluding carboxylic acids is 1. The molecule has 2 saturated heterocycles. The summed E-state index contributed by atoms with van der Waals surface area (Å²) in [6, 6.07) is 4.66. The van der Waals surface area contributed by atoms with Crippen LogP contribution in [-0.4, -0.2) is 49.7 Å². The van der Waals surface area contributed by atoms with E-state index in [1.54, 1.807) is 6.07 Å². The summed E-state index contributed by atoms with van der Waals surface area (Å²) in [5.74, 6) is 0.605. The SMILES string of the molecule is CC1CCCN(C(=O)C2CCN(S(=O)(=O)c3c(Cl)cccc3Cl)CC2)C1. The summed E-state index contributed by atoms with van der Waals surface area (Å²) >= 11 is 12.2. The smallest absolute Gasteiger partial charge is 0.246 e. The first-order valence-corrected chi connectivity index (χ1v) is 11.2. The van der Waals surface area contributed by atoms with Crippen LogP contribution in [0.1, 0.15) is 32.6 Å². The average molecular weight is 419 g/mol. The maximum absolute atomic E-state index is 12.9. The van der Waals surface area contributed by atoms with Crippen LogP contribution in [0.25, 0.3) is 0 Å². The van der Waals surface area contributed by atoms with Gasteiger partial charge in [0.1, 0.15) is 4.90 Å². The Hall–Kier alpha value is -0.820. The van der Waals surface area contributed by atoms with E-state index in [-0.39, 0.29) is 26.8 Å². The van der Waals surface area contributed by atoms with Crippen LogP contribution in [-0.2, 0) is 14.8 Å². The molecule has 1 amide bonds. The maximum atomic E-state index is 12.9. The Balaban J connectivity index is 1.67. The van der Waals surface area contributed by atoms with Crippen molar-refractivity contribution >= 4 is 39.1 Å². The number of rotatable bonds is 3. The van der Waals surface area contributed by atoms with Gasteiger partial charge in [-0.15, -0.1) is 0 Å². The fraction of sp³-hybridized carbons (Fsp3) is 0.611. The lowest BCUT2D eigenvalue weighted by molar-refractivity contribution is -0.138. The van der Waals surface area contributed by atoms with Crippen LogP contribution in [0, 0.1) is 11.8 Å². The Labute approximate surface area is 165 Å². The van der Waals surface area contributed by atoms with Crippen LogP contribution in [0.2, 0.25) is 10.0 Å². The summed E-state index contributed by atoms with van der Waals surface area (Å²) < 4.78 is 27.2. The van der Waals surface area contributed by atoms with E-state index in [4.69, 9.17) is 23.2 Å². The number of halogens is 2. The first-order valence-electron chi connectivity index (χ1n) is 9.03. The summed E-state index contributed by atoms with van der Waals surface area (Å²) in [4.78, 5) is 14.7. The molecule has 0 aromatic heterocycles. The molecule has 2 heterocycles. The second-order valence-electron chi connectivity index (χ2n) is 7.26. The molecular formula is C18H24Cl2N2O3S. The first-order chi connectivity index (χ1) is 12.3. The Morgan fingerprint density at radius 3 is 2.27 bits per heavy atom. The first kappa shape index (κ1) is 19.9. The van der Waals surface area contributed by atoms with Gasteiger partial charge in [-0.1, -0.05) is 36.2 Å². The van der Waals surface area contributed by atoms with Crippen LogP contribution in [0.5, 0.6) is 0 Å². The molecule has 2 aliphatic rings. The molecule has 0 bridgehead atoms. The van der Waals surface area contributed by atoms with Crippen molar-refractivity contribution in [2.75, 3.05) is 26.2 Å². The third-order valence-electron chi connectivity index (χ3n) is 5.29. The lowest BCUT2D eigenvalue weighted by atomic mass is 9.93. The normalized spacial score (nSPS) is 23.2. The van der Waals surface area contributed by atoms with E-state index in [2.05, 4.69) is 6.92 Å². The second kappa shape index (κ2) is 8.05. The standard InChI is InChI=1S/C18H24Cl2N2O3S/c1-13-4-3-9-21(12-13)18(23)14-7-10-22(11-8-14)26(24,25)17-15(19)5-2-6-16(17)20/h2,5-6,13-14H,3-4,7-12H2,1H3. The number of carbonyl (C=O) groups is 1. The van der Waals surface area contributed by atoms with Crippen LogP contribution in [0.15, 0.2) is 23.1 Å². The molecule has 5 nitrogen and oxygen atoms in total. The van der Waals surface area contributed by atoms with Gasteiger partial charge in [-0.3, -0.25) is 4.79 Å². The zero-order chi connectivity index (χ0) is 18.9. The van der Waals surface area contributed by atoms with Crippen molar-refractivity contribution in [3.05, 3.63) is 28.2 Å². The highest BCUT2D eigenvalue weighted by molar-refractivity contribution is 7.89. The molecule has 1 unspecified atom stereocenters. The van der Waals surface area contributed by atoms with Crippen molar-refractivity contribution in [3.63, 3.8) is 0 Å². The molecule has 8 heteroatoms. The number of nitrogens with zero attached hydrogens (tertiary/aromatic N) is 2. The van der Waals surface area contributed by atoms with Gasteiger partial charge in [0, 0.05) is 32.1 Å². The molecule has 0 N–H and O–H groups in total. The molecule has 26 heavy (non-hydrogen) atoms. The van der Waals surface area contributed by atoms with E-state index in [9.17, 15) is 13.2 Å². The van der Waals surface area contributed by atoms with E-state index >= 15 is 0 Å². The highest BCUT2D eigenvalue weighted by Gasteiger charge is 2.36. The zero-order valence-electron chi connectivity index (χ0n) is 14.8. The number of benzene rings is 1. The molecule has 1 aromatic rings. The quantitative estimate of drug-likeness (QED) is 0.752. The van der Waals surface area contributed by atoms with Gasteiger partial charge in [0.2, 0.25) is 15.9 Å². The van der Waals surface area contributed by atoms with Gasteiger partial charge in [0.15, 0.2) is 0 Å². The van der Waals surface area contributed by atoms with Gasteiger partial charge < -0.3 is 4.90 Å². The van der Waals surface area contributed by atoms with E-state index < -0.39 is 10.0 Å². The van der Waals surface area contributed by atoms with Crippen molar-refractivity contribution in [2.24, 2.45) is 11.8 Å². The fourth-order valence-corrected chi connectivity index (χ4v) is 6.41. The van der Waals surface area contributed by atoms with Crippen molar-refractivity contribution in [2.45, 2.75) is 37.5 Å². The Morgan fingerprint density at radius 2 is 1.69 bits per heavy atom. The molecule has 144 valence electrons. The highest BCUT2D eigenvalue weighted by Crippen LogP contribution is 2.33. The van der Waals surface area contributed by atoms with Crippen LogP contribution in [0.4, 0.5) is 0 Å². The van der Waals surface area contributed by atoms with E-state index in [0.29, 0.717) is 31.8 Å². The van der Waals surface area contributed by atoms with E-state index in [1.165, 1.54) is 22.9 Å². The largest absolute Gasteiger partial charge is 0.342 e. The fourth-order valence-electron chi connectivity index (χ4n) is 3.85. The third-order valence-corrected chi connectivity index (χ3v) is 8.14. The third kappa shape index (κ3) is 4.03. The zero-order valence-corrected chi connectivity index (χ0v) is 17.2. The molecule has 3 rings (SSSR count). The summed E-state index contributed by atoms with van der Waals surface area (Å²) in [5, 5.41) is 0.246. The molecule has 2 fully saturated rings. The van der Waals surface area contributed by atoms with Gasteiger partial charge in [0.05, 0.1) is 10.0 Å². The minimum Gasteiger partial charge on any atom is -0.342 e. The topological polar surface area (TPSA) is 57.7 Å². The van der Waals surface area contributed by atoms with Crippen molar-refractivity contribution < 1.29 is 13.2 Å². The highest BCUT2D eigenvalue weighted by atomic mass is 35.5. The number of piperidine rings is 2.